The van der Waals surface area contributed by atoms with Gasteiger partial charge in [-0.1, -0.05) is 5.16 Å². The zero-order chi connectivity index (χ0) is 14.1. The second-order valence-corrected chi connectivity index (χ2v) is 5.76. The second kappa shape index (κ2) is 5.36. The molecule has 2 aromatic heterocycles. The fraction of sp³-hybridized carbons (Fsp3) is 0.643. The first-order valence-electron chi connectivity index (χ1n) is 7.21. The van der Waals surface area contributed by atoms with Crippen molar-refractivity contribution in [3.05, 3.63) is 18.2 Å². The molecule has 0 radical (unpaired) electrons. The van der Waals surface area contributed by atoms with Gasteiger partial charge >= 0.3 is 0 Å². The Morgan fingerprint density at radius 1 is 1.40 bits per heavy atom. The summed E-state index contributed by atoms with van der Waals surface area (Å²) in [6.45, 7) is 6.63. The lowest BCUT2D eigenvalue weighted by molar-refractivity contribution is 0.153. The molecule has 1 saturated heterocycles. The van der Waals surface area contributed by atoms with Crippen molar-refractivity contribution in [2.24, 2.45) is 7.05 Å². The highest BCUT2D eigenvalue weighted by Crippen LogP contribution is 2.27. The van der Waals surface area contributed by atoms with E-state index >= 15 is 0 Å². The average Bonchev–Trinajstić information content (AvgIpc) is 3.07. The summed E-state index contributed by atoms with van der Waals surface area (Å²) >= 11 is 0. The first-order chi connectivity index (χ1) is 9.63. The molecule has 3 heterocycles. The van der Waals surface area contributed by atoms with Crippen molar-refractivity contribution in [3.8, 4) is 11.5 Å². The van der Waals surface area contributed by atoms with Gasteiger partial charge in [0, 0.05) is 25.8 Å². The van der Waals surface area contributed by atoms with E-state index in [1.165, 1.54) is 6.42 Å². The van der Waals surface area contributed by atoms with E-state index in [1.54, 1.807) is 4.68 Å². The Morgan fingerprint density at radius 2 is 2.25 bits per heavy atom. The lowest BCUT2D eigenvalue weighted by Crippen LogP contribution is -2.39. The van der Waals surface area contributed by atoms with Crippen LogP contribution in [-0.2, 0) is 7.05 Å². The summed E-state index contributed by atoms with van der Waals surface area (Å²) in [5, 5.41) is 8.37. The van der Waals surface area contributed by atoms with Gasteiger partial charge in [0.05, 0.1) is 5.92 Å². The normalized spacial score (nSPS) is 20.7. The standard InChI is InChI=1S/C14H21N5O/c1-10(2)19-7-4-5-11(9-19)14-15-13(17-20-14)12-6-8-18(3)16-12/h6,8,10-11H,4-5,7,9H2,1-3H3. The summed E-state index contributed by atoms with van der Waals surface area (Å²) in [6, 6.07) is 2.46. The zero-order valence-corrected chi connectivity index (χ0v) is 12.3. The van der Waals surface area contributed by atoms with Crippen molar-refractivity contribution in [3.63, 3.8) is 0 Å². The predicted molar refractivity (Wildman–Crippen MR) is 75.2 cm³/mol. The lowest BCUT2D eigenvalue weighted by atomic mass is 9.97. The smallest absolute Gasteiger partial charge is 0.231 e. The molecule has 1 aliphatic heterocycles. The van der Waals surface area contributed by atoms with Crippen LogP contribution in [-0.4, -0.2) is 44.0 Å². The van der Waals surface area contributed by atoms with E-state index in [2.05, 4.69) is 34.0 Å². The molecule has 20 heavy (non-hydrogen) atoms. The molecular weight excluding hydrogens is 254 g/mol. The zero-order valence-electron chi connectivity index (χ0n) is 12.3. The van der Waals surface area contributed by atoms with Crippen LogP contribution in [0.3, 0.4) is 0 Å². The quantitative estimate of drug-likeness (QED) is 0.858. The molecule has 0 bridgehead atoms. The maximum Gasteiger partial charge on any atom is 0.231 e. The van der Waals surface area contributed by atoms with Crippen LogP contribution < -0.4 is 0 Å². The van der Waals surface area contributed by atoms with Gasteiger partial charge in [-0.25, -0.2) is 0 Å². The SMILES string of the molecule is CC(C)N1CCCC(c2nc(-c3ccn(C)n3)no2)C1. The molecule has 1 atom stereocenters. The van der Waals surface area contributed by atoms with Crippen LogP contribution >= 0.6 is 0 Å². The molecule has 0 N–H and O–H groups in total. The molecule has 3 rings (SSSR count). The van der Waals surface area contributed by atoms with E-state index in [0.29, 0.717) is 17.8 Å². The highest BCUT2D eigenvalue weighted by molar-refractivity contribution is 5.46. The Labute approximate surface area is 118 Å². The third-order valence-electron chi connectivity index (χ3n) is 3.92. The van der Waals surface area contributed by atoms with E-state index in [4.69, 9.17) is 4.52 Å². The number of nitrogens with zero attached hydrogens (tertiary/aromatic N) is 5. The van der Waals surface area contributed by atoms with Crippen LogP contribution in [0.2, 0.25) is 0 Å². The van der Waals surface area contributed by atoms with Gasteiger partial charge in [-0.15, -0.1) is 0 Å². The largest absolute Gasteiger partial charge is 0.339 e. The van der Waals surface area contributed by atoms with Gasteiger partial charge in [-0.3, -0.25) is 4.68 Å². The van der Waals surface area contributed by atoms with Gasteiger partial charge in [0.25, 0.3) is 0 Å². The van der Waals surface area contributed by atoms with Crippen LogP contribution in [0.15, 0.2) is 16.8 Å². The van der Waals surface area contributed by atoms with Crippen LogP contribution in [0, 0.1) is 0 Å². The Bertz CT molecular complexity index is 574. The molecule has 6 heteroatoms. The summed E-state index contributed by atoms with van der Waals surface area (Å²) in [4.78, 5) is 7.00. The fourth-order valence-electron chi connectivity index (χ4n) is 2.72. The number of rotatable bonds is 3. The highest BCUT2D eigenvalue weighted by Gasteiger charge is 2.27. The molecule has 1 aliphatic rings. The minimum atomic E-state index is 0.344. The molecule has 1 fully saturated rings. The first-order valence-corrected chi connectivity index (χ1v) is 7.21. The first kappa shape index (κ1) is 13.3. The average molecular weight is 275 g/mol. The topological polar surface area (TPSA) is 60.0 Å². The van der Waals surface area contributed by atoms with Crippen LogP contribution in [0.1, 0.15) is 38.5 Å². The van der Waals surface area contributed by atoms with E-state index in [9.17, 15) is 0 Å². The molecule has 1 unspecified atom stereocenters. The van der Waals surface area contributed by atoms with Gasteiger partial charge in [0.15, 0.2) is 0 Å². The van der Waals surface area contributed by atoms with Crippen molar-refractivity contribution in [1.82, 2.24) is 24.8 Å². The summed E-state index contributed by atoms with van der Waals surface area (Å²) in [7, 11) is 1.88. The molecule has 0 aliphatic carbocycles. The van der Waals surface area contributed by atoms with Gasteiger partial charge in [-0.2, -0.15) is 10.1 Å². The van der Waals surface area contributed by atoms with Crippen molar-refractivity contribution in [1.29, 1.82) is 0 Å². The van der Waals surface area contributed by atoms with Crippen molar-refractivity contribution < 1.29 is 4.52 Å². The third kappa shape index (κ3) is 2.60. The molecule has 0 aromatic carbocycles. The number of hydrogen-bond acceptors (Lipinski definition) is 5. The van der Waals surface area contributed by atoms with E-state index in [-0.39, 0.29) is 0 Å². The third-order valence-corrected chi connectivity index (χ3v) is 3.92. The number of aromatic nitrogens is 4. The maximum atomic E-state index is 5.46. The van der Waals surface area contributed by atoms with E-state index < -0.39 is 0 Å². The monoisotopic (exact) mass is 275 g/mol. The predicted octanol–water partition coefficient (Wildman–Crippen LogP) is 2.06. The number of hydrogen-bond donors (Lipinski definition) is 0. The van der Waals surface area contributed by atoms with Crippen molar-refractivity contribution >= 4 is 0 Å². The maximum absolute atomic E-state index is 5.46. The molecule has 2 aromatic rings. The van der Waals surface area contributed by atoms with Crippen LogP contribution in [0.4, 0.5) is 0 Å². The van der Waals surface area contributed by atoms with E-state index in [0.717, 1.165) is 31.1 Å². The highest BCUT2D eigenvalue weighted by atomic mass is 16.5. The lowest BCUT2D eigenvalue weighted by Gasteiger charge is -2.33. The summed E-state index contributed by atoms with van der Waals surface area (Å²) in [6.07, 6.45) is 4.18. The summed E-state index contributed by atoms with van der Waals surface area (Å²) < 4.78 is 7.20. The van der Waals surface area contributed by atoms with Crippen molar-refractivity contribution in [2.45, 2.75) is 38.6 Å². The molecule has 0 amide bonds. The van der Waals surface area contributed by atoms with E-state index in [1.807, 2.05) is 19.3 Å². The Morgan fingerprint density at radius 3 is 2.95 bits per heavy atom. The summed E-state index contributed by atoms with van der Waals surface area (Å²) in [5.74, 6) is 1.68. The van der Waals surface area contributed by atoms with Crippen molar-refractivity contribution in [2.75, 3.05) is 13.1 Å². The second-order valence-electron chi connectivity index (χ2n) is 5.76. The van der Waals surface area contributed by atoms with Gasteiger partial charge < -0.3 is 9.42 Å². The minimum Gasteiger partial charge on any atom is -0.339 e. The molecule has 6 nitrogen and oxygen atoms in total. The van der Waals surface area contributed by atoms with Crippen LogP contribution in [0.5, 0.6) is 0 Å². The molecular formula is C14H21N5O. The van der Waals surface area contributed by atoms with Crippen LogP contribution in [0.25, 0.3) is 11.5 Å². The molecule has 108 valence electrons. The number of piperidine rings is 1. The van der Waals surface area contributed by atoms with Gasteiger partial charge in [0.1, 0.15) is 5.69 Å². The number of aryl methyl sites for hydroxylation is 1. The van der Waals surface area contributed by atoms with Gasteiger partial charge in [-0.05, 0) is 39.3 Å². The van der Waals surface area contributed by atoms with Gasteiger partial charge in [0.2, 0.25) is 11.7 Å². The fourth-order valence-corrected chi connectivity index (χ4v) is 2.72. The Hall–Kier alpha value is -1.69. The minimum absolute atomic E-state index is 0.344. The Balaban J connectivity index is 1.76. The number of likely N-dealkylation sites (tertiary alicyclic amines) is 1. The Kier molecular flexibility index (Phi) is 3.56. The molecule has 0 spiro atoms. The summed E-state index contributed by atoms with van der Waals surface area (Å²) in [5.41, 5.74) is 0.763. The molecule has 0 saturated carbocycles.